The molecular weight excluding hydrogens is 323 g/mol. The first kappa shape index (κ1) is 18.3. The number of halogens is 3. The number of carbonyl (C=O) groups is 2. The van der Waals surface area contributed by atoms with Gasteiger partial charge in [0.25, 0.3) is 0 Å². The Balaban J connectivity index is 2.07. The fraction of sp³-hybridized carbons (Fsp3) is 0.529. The molecule has 0 bridgehead atoms. The summed E-state index contributed by atoms with van der Waals surface area (Å²) in [5.74, 6) is -4.99. The summed E-state index contributed by atoms with van der Waals surface area (Å²) in [6.07, 6.45) is -3.39. The summed E-state index contributed by atoms with van der Waals surface area (Å²) in [7, 11) is 0. The minimum atomic E-state index is -4.44. The van der Waals surface area contributed by atoms with Crippen molar-refractivity contribution in [3.05, 3.63) is 35.9 Å². The van der Waals surface area contributed by atoms with E-state index >= 15 is 0 Å². The van der Waals surface area contributed by atoms with Crippen molar-refractivity contribution in [2.45, 2.75) is 44.3 Å². The van der Waals surface area contributed by atoms with Crippen LogP contribution in [0.15, 0.2) is 30.3 Å². The van der Waals surface area contributed by atoms with Crippen molar-refractivity contribution in [2.75, 3.05) is 0 Å². The minimum Gasteiger partial charge on any atom is -0.480 e. The van der Waals surface area contributed by atoms with Crippen molar-refractivity contribution in [2.24, 2.45) is 11.8 Å². The quantitative estimate of drug-likeness (QED) is 0.863. The van der Waals surface area contributed by atoms with Gasteiger partial charge < -0.3 is 10.4 Å². The lowest BCUT2D eigenvalue weighted by Gasteiger charge is -2.32. The summed E-state index contributed by atoms with van der Waals surface area (Å²) in [5, 5.41) is 11.6. The van der Waals surface area contributed by atoms with Crippen molar-refractivity contribution in [3.8, 4) is 0 Å². The topological polar surface area (TPSA) is 66.4 Å². The number of rotatable bonds is 5. The van der Waals surface area contributed by atoms with Gasteiger partial charge in [0.2, 0.25) is 5.91 Å². The molecule has 2 N–H and O–H groups in total. The van der Waals surface area contributed by atoms with Crippen LogP contribution in [0.2, 0.25) is 0 Å². The molecular formula is C17H20F3NO3. The van der Waals surface area contributed by atoms with Gasteiger partial charge in [0.15, 0.2) is 0 Å². The smallest absolute Gasteiger partial charge is 0.392 e. The number of carbonyl (C=O) groups excluding carboxylic acids is 1. The lowest BCUT2D eigenvalue weighted by atomic mass is 9.78. The third kappa shape index (κ3) is 4.72. The number of aliphatic carboxylic acids is 1. The highest BCUT2D eigenvalue weighted by Crippen LogP contribution is 2.41. The largest absolute Gasteiger partial charge is 0.480 e. The summed E-state index contributed by atoms with van der Waals surface area (Å²) in [4.78, 5) is 23.6. The van der Waals surface area contributed by atoms with Crippen molar-refractivity contribution < 1.29 is 27.9 Å². The molecule has 3 atom stereocenters. The van der Waals surface area contributed by atoms with Crippen molar-refractivity contribution >= 4 is 11.9 Å². The van der Waals surface area contributed by atoms with Crippen molar-refractivity contribution in [1.82, 2.24) is 5.32 Å². The van der Waals surface area contributed by atoms with Crippen LogP contribution < -0.4 is 5.32 Å². The van der Waals surface area contributed by atoms with Gasteiger partial charge in [0, 0.05) is 12.3 Å². The standard InChI is InChI=1S/C17H20F3NO3/c18-17(19,20)13-9-5-4-8-12(13)15(22)21-14(16(23)24)10-11-6-2-1-3-7-11/h1-3,6-7,12-14H,4-5,8-10H2,(H,21,22)(H,23,24)/t12-,13+,14+/m1/s1. The predicted molar refractivity (Wildman–Crippen MR) is 81.2 cm³/mol. The second-order valence-electron chi connectivity index (χ2n) is 6.13. The monoisotopic (exact) mass is 343 g/mol. The van der Waals surface area contributed by atoms with E-state index in [0.717, 1.165) is 0 Å². The van der Waals surface area contributed by atoms with Crippen LogP contribution in [-0.4, -0.2) is 29.2 Å². The molecule has 1 aromatic carbocycles. The van der Waals surface area contributed by atoms with E-state index in [1.54, 1.807) is 30.3 Å². The summed E-state index contributed by atoms with van der Waals surface area (Å²) in [6.45, 7) is 0. The van der Waals surface area contributed by atoms with E-state index < -0.39 is 35.9 Å². The highest BCUT2D eigenvalue weighted by Gasteiger charge is 2.48. The van der Waals surface area contributed by atoms with Crippen LogP contribution in [-0.2, 0) is 16.0 Å². The molecule has 1 aliphatic carbocycles. The maximum absolute atomic E-state index is 13.1. The molecule has 1 amide bonds. The second-order valence-corrected chi connectivity index (χ2v) is 6.13. The number of hydrogen-bond acceptors (Lipinski definition) is 2. The third-order valence-electron chi connectivity index (χ3n) is 4.42. The van der Waals surface area contributed by atoms with E-state index in [1.165, 1.54) is 0 Å². The maximum Gasteiger partial charge on any atom is 0.392 e. The molecule has 0 radical (unpaired) electrons. The molecule has 1 aromatic rings. The van der Waals surface area contributed by atoms with Crippen LogP contribution in [0.4, 0.5) is 13.2 Å². The molecule has 2 rings (SSSR count). The Morgan fingerprint density at radius 2 is 1.79 bits per heavy atom. The first-order valence-electron chi connectivity index (χ1n) is 7.93. The Kier molecular flexibility index (Phi) is 5.85. The molecule has 7 heteroatoms. The Labute approximate surface area is 138 Å². The Morgan fingerprint density at radius 1 is 1.17 bits per heavy atom. The van der Waals surface area contributed by atoms with Crippen LogP contribution in [0.3, 0.4) is 0 Å². The fourth-order valence-corrected chi connectivity index (χ4v) is 3.17. The van der Waals surface area contributed by atoms with Gasteiger partial charge in [-0.25, -0.2) is 4.79 Å². The fourth-order valence-electron chi connectivity index (χ4n) is 3.17. The number of hydrogen-bond donors (Lipinski definition) is 2. The SMILES string of the molecule is O=C(O)[C@H](Cc1ccccc1)NC(=O)[C@@H]1CCCC[C@@H]1C(F)(F)F. The molecule has 0 heterocycles. The molecule has 1 fully saturated rings. The summed E-state index contributed by atoms with van der Waals surface area (Å²) < 4.78 is 39.3. The molecule has 132 valence electrons. The van der Waals surface area contributed by atoms with E-state index in [1.807, 2.05) is 0 Å². The van der Waals surface area contributed by atoms with Gasteiger partial charge in [-0.15, -0.1) is 0 Å². The molecule has 0 saturated heterocycles. The maximum atomic E-state index is 13.1. The highest BCUT2D eigenvalue weighted by molar-refractivity contribution is 5.85. The van der Waals surface area contributed by atoms with Crippen molar-refractivity contribution in [1.29, 1.82) is 0 Å². The first-order chi connectivity index (χ1) is 11.3. The molecule has 0 aliphatic heterocycles. The zero-order valence-corrected chi connectivity index (χ0v) is 13.1. The summed E-state index contributed by atoms with van der Waals surface area (Å²) >= 11 is 0. The Bertz CT molecular complexity index is 574. The number of nitrogens with one attached hydrogen (secondary N) is 1. The highest BCUT2D eigenvalue weighted by atomic mass is 19.4. The lowest BCUT2D eigenvalue weighted by Crippen LogP contribution is -2.49. The van der Waals surface area contributed by atoms with Crippen LogP contribution in [0.5, 0.6) is 0 Å². The van der Waals surface area contributed by atoms with Gasteiger partial charge in [0.1, 0.15) is 6.04 Å². The molecule has 1 saturated carbocycles. The number of carboxylic acid groups (broad SMARTS) is 1. The van der Waals surface area contributed by atoms with Crippen molar-refractivity contribution in [3.63, 3.8) is 0 Å². The molecule has 0 unspecified atom stereocenters. The number of benzene rings is 1. The first-order valence-corrected chi connectivity index (χ1v) is 7.93. The average molecular weight is 343 g/mol. The Morgan fingerprint density at radius 3 is 2.38 bits per heavy atom. The molecule has 1 aliphatic rings. The van der Waals surface area contributed by atoms with Crippen LogP contribution in [0, 0.1) is 11.8 Å². The van der Waals surface area contributed by atoms with Crippen LogP contribution >= 0.6 is 0 Å². The molecule has 24 heavy (non-hydrogen) atoms. The number of alkyl halides is 3. The van der Waals surface area contributed by atoms with Crippen LogP contribution in [0.25, 0.3) is 0 Å². The molecule has 0 spiro atoms. The normalized spacial score (nSPS) is 22.6. The molecule has 4 nitrogen and oxygen atoms in total. The minimum absolute atomic E-state index is 0.0331. The lowest BCUT2D eigenvalue weighted by molar-refractivity contribution is -0.198. The number of carboxylic acids is 1. The van der Waals surface area contributed by atoms with Gasteiger partial charge in [0.05, 0.1) is 5.92 Å². The summed E-state index contributed by atoms with van der Waals surface area (Å²) in [5.41, 5.74) is 0.696. The van der Waals surface area contributed by atoms with E-state index in [-0.39, 0.29) is 19.3 Å². The number of amides is 1. The third-order valence-corrected chi connectivity index (χ3v) is 4.42. The van der Waals surface area contributed by atoms with Gasteiger partial charge in [-0.2, -0.15) is 13.2 Å². The van der Waals surface area contributed by atoms with Gasteiger partial charge in [-0.1, -0.05) is 43.2 Å². The summed E-state index contributed by atoms with van der Waals surface area (Å²) in [6, 6.07) is 7.42. The van der Waals surface area contributed by atoms with Gasteiger partial charge in [-0.3, -0.25) is 4.79 Å². The van der Waals surface area contributed by atoms with Crippen LogP contribution in [0.1, 0.15) is 31.2 Å². The second kappa shape index (κ2) is 7.68. The zero-order valence-electron chi connectivity index (χ0n) is 13.1. The molecule has 0 aromatic heterocycles. The van der Waals surface area contributed by atoms with E-state index in [9.17, 15) is 27.9 Å². The Hall–Kier alpha value is -2.05. The zero-order chi connectivity index (χ0) is 17.7. The van der Waals surface area contributed by atoms with E-state index in [4.69, 9.17) is 0 Å². The van der Waals surface area contributed by atoms with Gasteiger partial charge >= 0.3 is 12.1 Å². The van der Waals surface area contributed by atoms with Gasteiger partial charge in [-0.05, 0) is 18.4 Å². The predicted octanol–water partition coefficient (Wildman–Crippen LogP) is 3.17. The van der Waals surface area contributed by atoms with E-state index in [2.05, 4.69) is 5.32 Å². The average Bonchev–Trinajstić information content (AvgIpc) is 2.54. The van der Waals surface area contributed by atoms with E-state index in [0.29, 0.717) is 18.4 Å².